The number of aromatic nitrogens is 3. The van der Waals surface area contributed by atoms with Crippen LogP contribution in [0.4, 0.5) is 11.6 Å². The van der Waals surface area contributed by atoms with Crippen LogP contribution >= 0.6 is 0 Å². The normalized spacial score (nSPS) is 12.8. The van der Waals surface area contributed by atoms with Crippen LogP contribution in [0, 0.1) is 0 Å². The Bertz CT molecular complexity index is 833. The number of nitrogen functional groups attached to an aromatic ring is 1. The summed E-state index contributed by atoms with van der Waals surface area (Å²) < 4.78 is 0. The number of fused-ring (bicyclic) bond motifs is 2. The molecule has 0 fully saturated rings. The van der Waals surface area contributed by atoms with Crippen molar-refractivity contribution in [2.45, 2.75) is 0 Å². The van der Waals surface area contributed by atoms with Crippen LogP contribution in [0.3, 0.4) is 0 Å². The molecule has 0 aliphatic carbocycles. The maximum atomic E-state index is 5.60. The van der Waals surface area contributed by atoms with Crippen molar-refractivity contribution in [1.82, 2.24) is 20.4 Å². The highest BCUT2D eigenvalue weighted by Gasteiger charge is 2.10. The number of anilines is 2. The Morgan fingerprint density at radius 2 is 2.15 bits per heavy atom. The Morgan fingerprint density at radius 1 is 1.20 bits per heavy atom. The molecule has 0 saturated carbocycles. The minimum atomic E-state index is 0.273. The first-order valence-corrected chi connectivity index (χ1v) is 6.23. The van der Waals surface area contributed by atoms with Gasteiger partial charge < -0.3 is 21.6 Å². The number of nitrogens with one attached hydrogen (secondary N) is 3. The number of hydrogen-bond donors (Lipinski definition) is 4. The van der Waals surface area contributed by atoms with Gasteiger partial charge in [0.1, 0.15) is 5.65 Å². The van der Waals surface area contributed by atoms with Crippen molar-refractivity contribution in [3.63, 3.8) is 0 Å². The molecular weight excluding hydrogens is 252 g/mol. The molecule has 0 spiro atoms. The van der Waals surface area contributed by atoms with E-state index in [1.807, 2.05) is 24.5 Å². The number of benzene rings is 1. The fourth-order valence-corrected chi connectivity index (χ4v) is 2.39. The minimum absolute atomic E-state index is 0.273. The molecule has 1 aliphatic rings. The molecule has 3 heterocycles. The fourth-order valence-electron chi connectivity index (χ4n) is 2.39. The summed E-state index contributed by atoms with van der Waals surface area (Å²) in [5.41, 5.74) is 16.8. The van der Waals surface area contributed by atoms with E-state index in [1.54, 1.807) is 6.20 Å². The lowest BCUT2D eigenvalue weighted by Gasteiger charge is -2.15. The minimum Gasteiger partial charge on any atom is -0.368 e. The summed E-state index contributed by atoms with van der Waals surface area (Å²) in [6.45, 7) is 0. The number of hydrogen-bond acceptors (Lipinski definition) is 5. The summed E-state index contributed by atoms with van der Waals surface area (Å²) >= 11 is 0. The Hall–Kier alpha value is -3.02. The van der Waals surface area contributed by atoms with Gasteiger partial charge in [0.15, 0.2) is 0 Å². The molecule has 0 radical (unpaired) electrons. The Morgan fingerprint density at radius 3 is 3.10 bits per heavy atom. The van der Waals surface area contributed by atoms with Crippen LogP contribution in [-0.4, -0.2) is 15.0 Å². The third-order valence-electron chi connectivity index (χ3n) is 3.37. The third-order valence-corrected chi connectivity index (χ3v) is 3.37. The van der Waals surface area contributed by atoms with Gasteiger partial charge in [0.25, 0.3) is 0 Å². The zero-order valence-corrected chi connectivity index (χ0v) is 10.5. The molecule has 6 nitrogen and oxygen atoms in total. The summed E-state index contributed by atoms with van der Waals surface area (Å²) in [7, 11) is 0. The van der Waals surface area contributed by atoms with Crippen LogP contribution in [0.1, 0.15) is 5.56 Å². The van der Waals surface area contributed by atoms with Crippen molar-refractivity contribution in [3.8, 4) is 11.1 Å². The monoisotopic (exact) mass is 264 g/mol. The summed E-state index contributed by atoms with van der Waals surface area (Å²) in [5.74, 6) is 0.273. The molecule has 4 rings (SSSR count). The number of H-pyrrole nitrogens is 1. The standard InChI is InChI=1S/C14H12N6/c15-14-17-7-11-10(6-16-13(11)19-14)8-1-2-12-9(5-8)3-4-18-20-12/h1-7,18,20H,(H3,15,16,17,19). The predicted octanol–water partition coefficient (Wildman–Crippen LogP) is 2.11. The van der Waals surface area contributed by atoms with Crippen LogP contribution < -0.4 is 16.6 Å². The van der Waals surface area contributed by atoms with Gasteiger partial charge in [-0.15, -0.1) is 0 Å². The molecule has 0 amide bonds. The summed E-state index contributed by atoms with van der Waals surface area (Å²) in [6.07, 6.45) is 7.57. The van der Waals surface area contributed by atoms with Gasteiger partial charge in [-0.05, 0) is 23.8 Å². The zero-order chi connectivity index (χ0) is 13.5. The number of rotatable bonds is 1. The first kappa shape index (κ1) is 10.9. The van der Waals surface area contributed by atoms with Gasteiger partial charge in [0.2, 0.25) is 5.95 Å². The molecule has 98 valence electrons. The highest BCUT2D eigenvalue weighted by molar-refractivity contribution is 5.94. The topological polar surface area (TPSA) is 91.6 Å². The van der Waals surface area contributed by atoms with Crippen molar-refractivity contribution in [2.75, 3.05) is 11.2 Å². The van der Waals surface area contributed by atoms with E-state index in [9.17, 15) is 0 Å². The smallest absolute Gasteiger partial charge is 0.221 e. The summed E-state index contributed by atoms with van der Waals surface area (Å²) in [6, 6.07) is 6.22. The molecular formula is C14H12N6. The average Bonchev–Trinajstić information content (AvgIpc) is 2.89. The molecule has 0 unspecified atom stereocenters. The van der Waals surface area contributed by atoms with Crippen molar-refractivity contribution in [1.29, 1.82) is 0 Å². The van der Waals surface area contributed by atoms with Crippen LogP contribution in [0.5, 0.6) is 0 Å². The van der Waals surface area contributed by atoms with Gasteiger partial charge in [-0.1, -0.05) is 6.07 Å². The fraction of sp³-hybridized carbons (Fsp3) is 0. The van der Waals surface area contributed by atoms with Crippen LogP contribution in [0.25, 0.3) is 28.2 Å². The van der Waals surface area contributed by atoms with E-state index in [0.717, 1.165) is 33.4 Å². The molecule has 3 aromatic rings. The highest BCUT2D eigenvalue weighted by atomic mass is 15.3. The van der Waals surface area contributed by atoms with E-state index in [4.69, 9.17) is 5.73 Å². The molecule has 0 saturated heterocycles. The number of hydrazine groups is 1. The summed E-state index contributed by atoms with van der Waals surface area (Å²) in [5, 5.41) is 0.963. The third kappa shape index (κ3) is 1.58. The first-order chi connectivity index (χ1) is 9.81. The van der Waals surface area contributed by atoms with Crippen molar-refractivity contribution in [2.24, 2.45) is 0 Å². The van der Waals surface area contributed by atoms with E-state index >= 15 is 0 Å². The van der Waals surface area contributed by atoms with Gasteiger partial charge in [-0.3, -0.25) is 0 Å². The van der Waals surface area contributed by atoms with E-state index in [-0.39, 0.29) is 5.95 Å². The molecule has 6 heteroatoms. The lowest BCUT2D eigenvalue weighted by molar-refractivity contribution is 1.05. The number of nitrogens with two attached hydrogens (primary N) is 1. The maximum Gasteiger partial charge on any atom is 0.221 e. The maximum absolute atomic E-state index is 5.60. The molecule has 1 aromatic carbocycles. The average molecular weight is 264 g/mol. The molecule has 20 heavy (non-hydrogen) atoms. The van der Waals surface area contributed by atoms with Gasteiger partial charge in [-0.2, -0.15) is 4.98 Å². The second-order valence-electron chi connectivity index (χ2n) is 4.60. The van der Waals surface area contributed by atoms with Crippen LogP contribution in [0.15, 0.2) is 36.8 Å². The summed E-state index contributed by atoms with van der Waals surface area (Å²) in [4.78, 5) is 11.4. The second kappa shape index (κ2) is 3.99. The zero-order valence-electron chi connectivity index (χ0n) is 10.5. The SMILES string of the molecule is Nc1ncc2c(-c3ccc4c(c3)C=CNN4)c[nH]c2n1. The van der Waals surface area contributed by atoms with Crippen LogP contribution in [0.2, 0.25) is 0 Å². The van der Waals surface area contributed by atoms with Gasteiger partial charge in [-0.25, -0.2) is 4.98 Å². The number of aromatic amines is 1. The van der Waals surface area contributed by atoms with E-state index < -0.39 is 0 Å². The van der Waals surface area contributed by atoms with Crippen LogP contribution in [-0.2, 0) is 0 Å². The quantitative estimate of drug-likeness (QED) is 0.540. The van der Waals surface area contributed by atoms with Crippen molar-refractivity contribution >= 4 is 28.7 Å². The molecule has 0 atom stereocenters. The van der Waals surface area contributed by atoms with Gasteiger partial charge in [0.05, 0.1) is 5.69 Å². The van der Waals surface area contributed by atoms with E-state index in [2.05, 4.69) is 37.9 Å². The van der Waals surface area contributed by atoms with Crippen molar-refractivity contribution < 1.29 is 0 Å². The second-order valence-corrected chi connectivity index (χ2v) is 4.60. The first-order valence-electron chi connectivity index (χ1n) is 6.23. The lowest BCUT2D eigenvalue weighted by atomic mass is 10.0. The molecule has 5 N–H and O–H groups in total. The van der Waals surface area contributed by atoms with E-state index in [1.165, 1.54) is 0 Å². The molecule has 0 bridgehead atoms. The highest BCUT2D eigenvalue weighted by Crippen LogP contribution is 2.31. The Labute approximate surface area is 114 Å². The van der Waals surface area contributed by atoms with Gasteiger partial charge >= 0.3 is 0 Å². The lowest BCUT2D eigenvalue weighted by Crippen LogP contribution is -2.17. The Kier molecular flexibility index (Phi) is 2.17. The Balaban J connectivity index is 1.89. The van der Waals surface area contributed by atoms with E-state index in [0.29, 0.717) is 0 Å². The molecule has 2 aromatic heterocycles. The van der Waals surface area contributed by atoms with Gasteiger partial charge in [0, 0.05) is 35.1 Å². The molecule has 1 aliphatic heterocycles. The largest absolute Gasteiger partial charge is 0.368 e. The predicted molar refractivity (Wildman–Crippen MR) is 79.5 cm³/mol. The number of nitrogens with zero attached hydrogens (tertiary/aromatic N) is 2. The van der Waals surface area contributed by atoms with Crippen molar-refractivity contribution in [3.05, 3.63) is 42.4 Å².